The van der Waals surface area contributed by atoms with Crippen molar-refractivity contribution >= 4 is 7.92 Å². The molecule has 0 nitrogen and oxygen atoms in total. The Morgan fingerprint density at radius 2 is 1.38 bits per heavy atom. The van der Waals surface area contributed by atoms with E-state index in [1.54, 1.807) is 25.7 Å². The zero-order chi connectivity index (χ0) is 12.1. The van der Waals surface area contributed by atoms with E-state index in [-0.39, 0.29) is 7.92 Å². The lowest BCUT2D eigenvalue weighted by molar-refractivity contribution is 0.475. The van der Waals surface area contributed by atoms with Crippen molar-refractivity contribution in [1.29, 1.82) is 0 Å². The van der Waals surface area contributed by atoms with E-state index in [9.17, 15) is 0 Å². The number of hydrogen-bond acceptors (Lipinski definition) is 0. The highest BCUT2D eigenvalue weighted by Crippen LogP contribution is 2.69. The van der Waals surface area contributed by atoms with Gasteiger partial charge in [0.25, 0.3) is 0 Å². The van der Waals surface area contributed by atoms with Gasteiger partial charge in [0.1, 0.15) is 0 Å². The quantitative estimate of drug-likeness (QED) is 0.549. The highest BCUT2D eigenvalue weighted by molar-refractivity contribution is 7.61. The van der Waals surface area contributed by atoms with E-state index >= 15 is 0 Å². The molecular weight excluding hydrogens is 211 g/mol. The van der Waals surface area contributed by atoms with Gasteiger partial charge < -0.3 is 0 Å². The number of hydrogen-bond donors (Lipinski definition) is 0. The van der Waals surface area contributed by atoms with E-state index in [2.05, 4.69) is 41.5 Å². The predicted molar refractivity (Wildman–Crippen MR) is 75.7 cm³/mol. The van der Waals surface area contributed by atoms with Crippen molar-refractivity contribution in [3.05, 3.63) is 0 Å². The molecule has 2 aliphatic carbocycles. The van der Waals surface area contributed by atoms with Gasteiger partial charge in [0, 0.05) is 0 Å². The molecule has 2 bridgehead atoms. The molecule has 0 aromatic rings. The fraction of sp³-hybridized carbons (Fsp3) is 1.00. The Kier molecular flexibility index (Phi) is 3.20. The second kappa shape index (κ2) is 3.98. The van der Waals surface area contributed by atoms with Gasteiger partial charge in [-0.2, -0.15) is 0 Å². The molecule has 0 aromatic heterocycles. The van der Waals surface area contributed by atoms with E-state index < -0.39 is 0 Å². The van der Waals surface area contributed by atoms with Crippen LogP contribution in [0.15, 0.2) is 0 Å². The van der Waals surface area contributed by atoms with Crippen LogP contribution < -0.4 is 0 Å². The van der Waals surface area contributed by atoms with Gasteiger partial charge in [-0.05, 0) is 47.1 Å². The van der Waals surface area contributed by atoms with Crippen molar-refractivity contribution in [1.82, 2.24) is 0 Å². The maximum atomic E-state index is 2.48. The lowest BCUT2D eigenvalue weighted by Gasteiger charge is -2.48. The molecule has 0 spiro atoms. The summed E-state index contributed by atoms with van der Waals surface area (Å²) in [5.41, 5.74) is 1.08. The topological polar surface area (TPSA) is 0 Å². The maximum Gasteiger partial charge on any atom is -0.0169 e. The van der Waals surface area contributed by atoms with Gasteiger partial charge in [0.15, 0.2) is 0 Å². The van der Waals surface area contributed by atoms with Gasteiger partial charge in [-0.1, -0.05) is 55.9 Å². The van der Waals surface area contributed by atoms with Crippen LogP contribution >= 0.6 is 7.92 Å². The second-order valence-corrected chi connectivity index (χ2v) is 12.0. The fourth-order valence-electron chi connectivity index (χ4n) is 4.53. The highest BCUT2D eigenvalue weighted by atomic mass is 31.1. The van der Waals surface area contributed by atoms with Crippen LogP contribution in [0.4, 0.5) is 0 Å². The van der Waals surface area contributed by atoms with Crippen LogP contribution in [0.1, 0.15) is 67.2 Å². The van der Waals surface area contributed by atoms with E-state index in [0.717, 1.165) is 17.5 Å². The first kappa shape index (κ1) is 12.9. The molecule has 0 amide bonds. The summed E-state index contributed by atoms with van der Waals surface area (Å²) < 4.78 is 0. The van der Waals surface area contributed by atoms with E-state index in [1.165, 1.54) is 0 Å². The van der Waals surface area contributed by atoms with E-state index in [1.807, 2.05) is 0 Å². The molecule has 3 atom stereocenters. The minimum Gasteiger partial charge on any atom is -0.0922 e. The standard InChI is InChI=1S/C15H29P/c1-14(2,3)16(15(4,5)6)13-10-11-7-8-12(13)9-11/h11-13H,7-10H2,1-6H3/t11-,12+,13+/m1/s1. The Morgan fingerprint density at radius 3 is 1.69 bits per heavy atom. The molecule has 1 heteroatoms. The first-order chi connectivity index (χ1) is 7.19. The second-order valence-electron chi connectivity index (χ2n) is 7.95. The van der Waals surface area contributed by atoms with Crippen LogP contribution in [-0.4, -0.2) is 16.0 Å². The summed E-state index contributed by atoms with van der Waals surface area (Å²) in [4.78, 5) is 0. The average molecular weight is 240 g/mol. The summed E-state index contributed by atoms with van der Waals surface area (Å²) >= 11 is 0. The normalized spacial score (nSPS) is 35.1. The van der Waals surface area contributed by atoms with E-state index in [4.69, 9.17) is 0 Å². The largest absolute Gasteiger partial charge is 0.0922 e. The predicted octanol–water partition coefficient (Wildman–Crippen LogP) is 5.25. The Hall–Kier alpha value is 0.430. The molecule has 0 radical (unpaired) electrons. The van der Waals surface area contributed by atoms with Crippen molar-refractivity contribution in [2.75, 3.05) is 0 Å². The summed E-state index contributed by atoms with van der Waals surface area (Å²) in [5, 5.41) is 1.06. The first-order valence-corrected chi connectivity index (χ1v) is 8.40. The maximum absolute atomic E-state index is 2.48. The van der Waals surface area contributed by atoms with Crippen molar-refractivity contribution in [3.8, 4) is 0 Å². The third-order valence-electron chi connectivity index (χ3n) is 4.48. The molecule has 16 heavy (non-hydrogen) atoms. The molecule has 2 aliphatic rings. The average Bonchev–Trinajstić information content (AvgIpc) is 2.58. The van der Waals surface area contributed by atoms with Gasteiger partial charge in [0.2, 0.25) is 0 Å². The van der Waals surface area contributed by atoms with Gasteiger partial charge in [-0.15, -0.1) is 0 Å². The number of fused-ring (bicyclic) bond motifs is 2. The Bertz CT molecular complexity index is 242. The molecule has 0 aromatic carbocycles. The molecule has 2 rings (SSSR count). The fourth-order valence-corrected chi connectivity index (χ4v) is 9.73. The molecular formula is C15H29P. The van der Waals surface area contributed by atoms with Crippen LogP contribution in [0.25, 0.3) is 0 Å². The van der Waals surface area contributed by atoms with Crippen LogP contribution in [0.2, 0.25) is 0 Å². The van der Waals surface area contributed by atoms with Gasteiger partial charge in [0.05, 0.1) is 0 Å². The van der Waals surface area contributed by atoms with Crippen LogP contribution in [0.3, 0.4) is 0 Å². The van der Waals surface area contributed by atoms with Gasteiger partial charge in [-0.3, -0.25) is 0 Å². The first-order valence-electron chi connectivity index (χ1n) is 6.99. The summed E-state index contributed by atoms with van der Waals surface area (Å²) in [5.74, 6) is 2.19. The van der Waals surface area contributed by atoms with Crippen molar-refractivity contribution in [2.45, 2.75) is 83.2 Å². The van der Waals surface area contributed by atoms with Gasteiger partial charge >= 0.3 is 0 Å². The minimum atomic E-state index is 0.141. The Morgan fingerprint density at radius 1 is 0.812 bits per heavy atom. The smallest absolute Gasteiger partial charge is 0.0169 e. The van der Waals surface area contributed by atoms with Crippen molar-refractivity contribution in [2.24, 2.45) is 11.8 Å². The third-order valence-corrected chi connectivity index (χ3v) is 8.66. The molecule has 0 N–H and O–H groups in total. The molecule has 94 valence electrons. The van der Waals surface area contributed by atoms with Crippen molar-refractivity contribution in [3.63, 3.8) is 0 Å². The molecule has 2 saturated carbocycles. The summed E-state index contributed by atoms with van der Waals surface area (Å²) in [6.45, 7) is 14.9. The monoisotopic (exact) mass is 240 g/mol. The van der Waals surface area contributed by atoms with Crippen LogP contribution in [0.5, 0.6) is 0 Å². The van der Waals surface area contributed by atoms with Crippen LogP contribution in [-0.2, 0) is 0 Å². The lowest BCUT2D eigenvalue weighted by Crippen LogP contribution is -2.33. The molecule has 0 unspecified atom stereocenters. The highest BCUT2D eigenvalue weighted by Gasteiger charge is 2.49. The SMILES string of the molecule is CC(C)(C)P([C@H]1C[C@@H]2CC[C@H]1C2)C(C)(C)C. The van der Waals surface area contributed by atoms with E-state index in [0.29, 0.717) is 10.3 Å². The zero-order valence-electron chi connectivity index (χ0n) is 12.0. The summed E-state index contributed by atoms with van der Waals surface area (Å²) in [6.07, 6.45) is 6.21. The third kappa shape index (κ3) is 2.33. The molecule has 2 fully saturated rings. The van der Waals surface area contributed by atoms with Gasteiger partial charge in [-0.25, -0.2) is 0 Å². The van der Waals surface area contributed by atoms with Crippen LogP contribution in [0, 0.1) is 11.8 Å². The molecule has 0 aliphatic heterocycles. The Labute approximate surface area is 103 Å². The molecule has 0 saturated heterocycles. The van der Waals surface area contributed by atoms with Crippen molar-refractivity contribution < 1.29 is 0 Å². The lowest BCUT2D eigenvalue weighted by atomic mass is 10.0. The summed E-state index contributed by atoms with van der Waals surface area (Å²) in [7, 11) is 0.141. The zero-order valence-corrected chi connectivity index (χ0v) is 12.9. The number of rotatable bonds is 1. The minimum absolute atomic E-state index is 0.141. The Balaban J connectivity index is 2.20. The summed E-state index contributed by atoms with van der Waals surface area (Å²) in [6, 6.07) is 0. The molecule has 0 heterocycles.